The maximum Gasteiger partial charge on any atom is 0.339 e. The van der Waals surface area contributed by atoms with Gasteiger partial charge in [0, 0.05) is 16.8 Å². The van der Waals surface area contributed by atoms with Crippen molar-refractivity contribution in [2.24, 2.45) is 0 Å². The van der Waals surface area contributed by atoms with Crippen LogP contribution in [0.2, 0.25) is 0 Å². The lowest BCUT2D eigenvalue weighted by Crippen LogP contribution is -2.24. The number of benzene rings is 2. The number of hydrogen-bond donors (Lipinski definition) is 1. The molecule has 0 spiro atoms. The molecule has 35 heavy (non-hydrogen) atoms. The molecule has 0 aliphatic heterocycles. The van der Waals surface area contributed by atoms with Gasteiger partial charge in [-0.15, -0.1) is 0 Å². The highest BCUT2D eigenvalue weighted by Gasteiger charge is 2.25. The predicted octanol–water partition coefficient (Wildman–Crippen LogP) is 4.31. The van der Waals surface area contributed by atoms with Crippen molar-refractivity contribution in [3.8, 4) is 11.3 Å². The number of nitrogens with zero attached hydrogens (tertiary/aromatic N) is 2. The summed E-state index contributed by atoms with van der Waals surface area (Å²) >= 11 is 0. The van der Waals surface area contributed by atoms with E-state index in [-0.39, 0.29) is 16.8 Å². The van der Waals surface area contributed by atoms with E-state index in [1.54, 1.807) is 13.0 Å². The molecule has 0 amide bonds. The molecule has 0 bridgehead atoms. The second-order valence-corrected chi connectivity index (χ2v) is 9.98. The molecule has 0 aliphatic rings. The van der Waals surface area contributed by atoms with Gasteiger partial charge in [0.15, 0.2) is 6.10 Å². The lowest BCUT2D eigenvalue weighted by atomic mass is 10.0. The van der Waals surface area contributed by atoms with E-state index in [1.165, 1.54) is 31.2 Å². The zero-order valence-electron chi connectivity index (χ0n) is 19.5. The van der Waals surface area contributed by atoms with E-state index in [9.17, 15) is 18.0 Å². The number of aromatic nitrogens is 2. The van der Waals surface area contributed by atoms with Gasteiger partial charge in [-0.2, -0.15) is 0 Å². The fraction of sp³-hybridized carbons (Fsp3) is 0.200. The molecule has 0 aliphatic carbocycles. The lowest BCUT2D eigenvalue weighted by molar-refractivity contribution is 0.0320. The fourth-order valence-corrected chi connectivity index (χ4v) is 4.12. The molecule has 2 aromatic carbocycles. The number of esters is 1. The van der Waals surface area contributed by atoms with E-state index < -0.39 is 27.9 Å². The van der Waals surface area contributed by atoms with Crippen LogP contribution >= 0.6 is 0 Å². The van der Waals surface area contributed by atoms with Gasteiger partial charge in [0.25, 0.3) is 5.71 Å². The van der Waals surface area contributed by atoms with Gasteiger partial charge in [0.1, 0.15) is 0 Å². The number of rotatable bonds is 7. The summed E-state index contributed by atoms with van der Waals surface area (Å²) in [7, 11) is -3.44. The molecular formula is C25H23N3O6S. The van der Waals surface area contributed by atoms with E-state index in [0.29, 0.717) is 22.5 Å². The highest BCUT2D eigenvalue weighted by Crippen LogP contribution is 2.28. The minimum absolute atomic E-state index is 0.191. The Kier molecular flexibility index (Phi) is 6.40. The van der Waals surface area contributed by atoms with Gasteiger partial charge in [-0.05, 0) is 51.1 Å². The van der Waals surface area contributed by atoms with Crippen LogP contribution in [0.4, 0.5) is 5.69 Å². The van der Waals surface area contributed by atoms with Gasteiger partial charge in [-0.25, -0.2) is 18.2 Å². The van der Waals surface area contributed by atoms with Crippen LogP contribution < -0.4 is 4.72 Å². The van der Waals surface area contributed by atoms with Crippen molar-refractivity contribution in [1.29, 1.82) is 0 Å². The molecular weight excluding hydrogens is 470 g/mol. The van der Waals surface area contributed by atoms with E-state index in [1.807, 2.05) is 31.2 Å². The smallest absolute Gasteiger partial charge is 0.339 e. The van der Waals surface area contributed by atoms with Gasteiger partial charge < -0.3 is 9.26 Å². The number of Topliss-reactive ketones (excluding diaryl/α,β-unsaturated/α-hetero) is 1. The first-order chi connectivity index (χ1) is 16.5. The number of ether oxygens (including phenoxy) is 1. The molecule has 0 radical (unpaired) electrons. The van der Waals surface area contributed by atoms with E-state index in [0.717, 1.165) is 17.4 Å². The Morgan fingerprint density at radius 3 is 2.31 bits per heavy atom. The molecule has 0 fully saturated rings. The van der Waals surface area contributed by atoms with Crippen molar-refractivity contribution in [3.05, 3.63) is 77.0 Å². The van der Waals surface area contributed by atoms with Crippen molar-refractivity contribution in [2.45, 2.75) is 26.9 Å². The van der Waals surface area contributed by atoms with Gasteiger partial charge in [0.05, 0.1) is 28.6 Å². The molecule has 4 rings (SSSR count). The fourth-order valence-electron chi connectivity index (χ4n) is 3.56. The van der Waals surface area contributed by atoms with Crippen LogP contribution in [-0.4, -0.2) is 42.7 Å². The van der Waals surface area contributed by atoms with E-state index in [4.69, 9.17) is 9.26 Å². The van der Waals surface area contributed by atoms with Crippen LogP contribution in [0.3, 0.4) is 0 Å². The Morgan fingerprint density at radius 1 is 1.03 bits per heavy atom. The Morgan fingerprint density at radius 2 is 1.69 bits per heavy atom. The molecule has 9 nitrogen and oxygen atoms in total. The van der Waals surface area contributed by atoms with Crippen molar-refractivity contribution in [1.82, 2.24) is 10.1 Å². The number of sulfonamides is 1. The number of aryl methyl sites for hydroxylation is 2. The Bertz CT molecular complexity index is 1520. The summed E-state index contributed by atoms with van der Waals surface area (Å²) in [6, 6.07) is 15.1. The van der Waals surface area contributed by atoms with Crippen molar-refractivity contribution >= 4 is 38.6 Å². The monoisotopic (exact) mass is 493 g/mol. The molecule has 2 aromatic heterocycles. The average molecular weight is 494 g/mol. The standard InChI is InChI=1S/C25H23N3O6S/c1-14-5-7-17(8-6-14)21-13-20(22-15(2)27-34-24(22)26-21)25(30)33-16(3)23(29)18-9-11-19(12-10-18)28-35(4,31)32/h5-13,16,28H,1-4H3. The SMILES string of the molecule is Cc1ccc(-c2cc(C(=O)OC(C)C(=O)c3ccc(NS(C)(=O)=O)cc3)c3c(C)noc3n2)cc1. The molecule has 1 unspecified atom stereocenters. The maximum atomic E-state index is 13.2. The Hall–Kier alpha value is -4.05. The predicted molar refractivity (Wildman–Crippen MR) is 131 cm³/mol. The number of fused-ring (bicyclic) bond motifs is 1. The topological polar surface area (TPSA) is 128 Å². The number of carbonyl (C=O) groups excluding carboxylic acids is 2. The van der Waals surface area contributed by atoms with Crippen molar-refractivity contribution < 1.29 is 27.3 Å². The number of pyridine rings is 1. The number of carbonyl (C=O) groups is 2. The van der Waals surface area contributed by atoms with Crippen LogP contribution in [0.1, 0.15) is 38.9 Å². The first kappa shape index (κ1) is 24.1. The van der Waals surface area contributed by atoms with E-state index >= 15 is 0 Å². The number of hydrogen-bond acceptors (Lipinski definition) is 8. The van der Waals surface area contributed by atoms with Gasteiger partial charge >= 0.3 is 5.97 Å². The van der Waals surface area contributed by atoms with Crippen molar-refractivity contribution in [3.63, 3.8) is 0 Å². The summed E-state index contributed by atoms with van der Waals surface area (Å²) in [5, 5.41) is 4.34. The molecule has 10 heteroatoms. The largest absolute Gasteiger partial charge is 0.451 e. The third-order valence-corrected chi connectivity index (χ3v) is 5.92. The van der Waals surface area contributed by atoms with Crippen molar-refractivity contribution in [2.75, 3.05) is 11.0 Å². The van der Waals surface area contributed by atoms with Crippen LogP contribution in [0.15, 0.2) is 59.1 Å². The number of nitrogens with one attached hydrogen (secondary N) is 1. The Labute approximate surface area is 202 Å². The maximum absolute atomic E-state index is 13.2. The first-order valence-corrected chi connectivity index (χ1v) is 12.6. The summed E-state index contributed by atoms with van der Waals surface area (Å²) in [6.07, 6.45) is -0.0621. The highest BCUT2D eigenvalue weighted by molar-refractivity contribution is 7.92. The van der Waals surface area contributed by atoms with Crippen LogP contribution in [0.25, 0.3) is 22.4 Å². The highest BCUT2D eigenvalue weighted by atomic mass is 32.2. The minimum Gasteiger partial charge on any atom is -0.451 e. The van der Waals surface area contributed by atoms with Crippen LogP contribution in [0, 0.1) is 13.8 Å². The van der Waals surface area contributed by atoms with Gasteiger partial charge in [0.2, 0.25) is 15.8 Å². The summed E-state index contributed by atoms with van der Waals surface area (Å²) in [5.41, 5.74) is 3.82. The van der Waals surface area contributed by atoms with E-state index in [2.05, 4.69) is 14.9 Å². The summed E-state index contributed by atoms with van der Waals surface area (Å²) in [6.45, 7) is 5.14. The van der Waals surface area contributed by atoms with Crippen LogP contribution in [0.5, 0.6) is 0 Å². The molecule has 1 N–H and O–H groups in total. The third-order valence-electron chi connectivity index (χ3n) is 5.31. The molecule has 4 aromatic rings. The van der Waals surface area contributed by atoms with Crippen LogP contribution in [-0.2, 0) is 14.8 Å². The lowest BCUT2D eigenvalue weighted by Gasteiger charge is -2.14. The summed E-state index contributed by atoms with van der Waals surface area (Å²) in [4.78, 5) is 30.5. The number of ketones is 1. The third kappa shape index (κ3) is 5.38. The first-order valence-electron chi connectivity index (χ1n) is 10.7. The molecule has 180 valence electrons. The second-order valence-electron chi connectivity index (χ2n) is 8.23. The molecule has 0 saturated carbocycles. The van der Waals surface area contributed by atoms with Gasteiger partial charge in [-0.1, -0.05) is 35.0 Å². The summed E-state index contributed by atoms with van der Waals surface area (Å²) in [5.74, 6) is -1.15. The van der Waals surface area contributed by atoms with Gasteiger partial charge in [-0.3, -0.25) is 9.52 Å². The molecule has 1 atom stereocenters. The quantitative estimate of drug-likeness (QED) is 0.298. The number of anilines is 1. The average Bonchev–Trinajstić information content (AvgIpc) is 3.18. The minimum atomic E-state index is -3.44. The molecule has 0 saturated heterocycles. The second kappa shape index (κ2) is 9.30. The Balaban J connectivity index is 1.59. The molecule has 2 heterocycles. The zero-order chi connectivity index (χ0) is 25.3. The normalized spacial score (nSPS) is 12.3. The summed E-state index contributed by atoms with van der Waals surface area (Å²) < 4.78 is 35.9. The zero-order valence-corrected chi connectivity index (χ0v) is 20.3.